The lowest BCUT2D eigenvalue weighted by molar-refractivity contribution is 0.0786. The molecule has 88 valence electrons. The second-order valence-corrected chi connectivity index (χ2v) is 5.09. The highest BCUT2D eigenvalue weighted by atomic mass is 32.1. The monoisotopic (exact) mass is 245 g/mol. The molecule has 0 spiro atoms. The molecular formula is C14H15NOS. The Bertz CT molecular complexity index is 505. The topological polar surface area (TPSA) is 20.3 Å². The number of nitrogens with zero attached hydrogens (tertiary/aromatic N) is 1. The molecule has 0 aliphatic heterocycles. The van der Waals surface area contributed by atoms with Gasteiger partial charge in [0, 0.05) is 17.5 Å². The Hall–Kier alpha value is -1.61. The van der Waals surface area contributed by atoms with Crippen LogP contribution in [0.2, 0.25) is 0 Å². The van der Waals surface area contributed by atoms with Gasteiger partial charge in [0.25, 0.3) is 5.91 Å². The van der Waals surface area contributed by atoms with Crippen molar-refractivity contribution in [3.05, 3.63) is 57.8 Å². The van der Waals surface area contributed by atoms with Crippen LogP contribution in [0.4, 0.5) is 0 Å². The van der Waals surface area contributed by atoms with E-state index in [4.69, 9.17) is 0 Å². The van der Waals surface area contributed by atoms with Crippen LogP contribution >= 0.6 is 11.3 Å². The summed E-state index contributed by atoms with van der Waals surface area (Å²) in [5.41, 5.74) is 1.81. The molecule has 0 radical (unpaired) electrons. The molecule has 0 fully saturated rings. The molecule has 2 aromatic rings. The number of hydrogen-bond acceptors (Lipinski definition) is 2. The number of thiophene rings is 1. The molecule has 0 N–H and O–H groups in total. The van der Waals surface area contributed by atoms with Crippen LogP contribution in [0.3, 0.4) is 0 Å². The summed E-state index contributed by atoms with van der Waals surface area (Å²) in [7, 11) is 1.84. The minimum absolute atomic E-state index is 0.0801. The maximum absolute atomic E-state index is 12.2. The van der Waals surface area contributed by atoms with Gasteiger partial charge in [0.15, 0.2) is 0 Å². The van der Waals surface area contributed by atoms with Gasteiger partial charge in [-0.25, -0.2) is 0 Å². The number of aryl methyl sites for hydroxylation is 1. The van der Waals surface area contributed by atoms with Gasteiger partial charge < -0.3 is 4.90 Å². The first-order chi connectivity index (χ1) is 8.18. The Morgan fingerprint density at radius 1 is 1.24 bits per heavy atom. The smallest absolute Gasteiger partial charge is 0.254 e. The van der Waals surface area contributed by atoms with Crippen molar-refractivity contribution in [2.24, 2.45) is 0 Å². The van der Waals surface area contributed by atoms with Gasteiger partial charge in [-0.2, -0.15) is 0 Å². The second kappa shape index (κ2) is 5.15. The van der Waals surface area contributed by atoms with Crippen molar-refractivity contribution in [2.45, 2.75) is 13.5 Å². The second-order valence-electron chi connectivity index (χ2n) is 4.06. The van der Waals surface area contributed by atoms with Crippen LogP contribution in [0.25, 0.3) is 0 Å². The van der Waals surface area contributed by atoms with Gasteiger partial charge >= 0.3 is 0 Å². The maximum Gasteiger partial charge on any atom is 0.254 e. The zero-order valence-corrected chi connectivity index (χ0v) is 10.8. The van der Waals surface area contributed by atoms with E-state index in [2.05, 4.69) is 0 Å². The lowest BCUT2D eigenvalue weighted by Crippen LogP contribution is -2.26. The van der Waals surface area contributed by atoms with E-state index in [1.54, 1.807) is 16.2 Å². The van der Waals surface area contributed by atoms with Crippen molar-refractivity contribution in [3.63, 3.8) is 0 Å². The molecule has 0 saturated carbocycles. The summed E-state index contributed by atoms with van der Waals surface area (Å²) in [6.07, 6.45) is 0. The molecule has 0 aliphatic rings. The van der Waals surface area contributed by atoms with E-state index in [1.807, 2.05) is 55.7 Å². The summed E-state index contributed by atoms with van der Waals surface area (Å²) in [6.45, 7) is 2.64. The molecule has 1 heterocycles. The zero-order valence-electron chi connectivity index (χ0n) is 10.0. The first-order valence-corrected chi connectivity index (χ1v) is 6.40. The van der Waals surface area contributed by atoms with Gasteiger partial charge in [-0.1, -0.05) is 24.3 Å². The van der Waals surface area contributed by atoms with Crippen LogP contribution in [0.15, 0.2) is 41.8 Å². The standard InChI is InChI=1S/C14H15NOS/c1-11-6-3-4-8-13(11)14(16)15(2)10-12-7-5-9-17-12/h3-9H,10H2,1-2H3. The van der Waals surface area contributed by atoms with Gasteiger partial charge in [-0.15, -0.1) is 11.3 Å². The molecule has 1 amide bonds. The Morgan fingerprint density at radius 2 is 2.00 bits per heavy atom. The molecule has 17 heavy (non-hydrogen) atoms. The third-order valence-corrected chi connectivity index (χ3v) is 3.56. The van der Waals surface area contributed by atoms with Crippen molar-refractivity contribution in [1.82, 2.24) is 4.90 Å². The summed E-state index contributed by atoms with van der Waals surface area (Å²) >= 11 is 1.67. The summed E-state index contributed by atoms with van der Waals surface area (Å²) in [6, 6.07) is 11.7. The van der Waals surface area contributed by atoms with E-state index in [0.717, 1.165) is 11.1 Å². The summed E-state index contributed by atoms with van der Waals surface area (Å²) in [4.78, 5) is 15.2. The lowest BCUT2D eigenvalue weighted by Gasteiger charge is -2.17. The van der Waals surface area contributed by atoms with Crippen LogP contribution in [-0.4, -0.2) is 17.9 Å². The van der Waals surface area contributed by atoms with E-state index in [0.29, 0.717) is 6.54 Å². The number of carbonyl (C=O) groups excluding carboxylic acids is 1. The quantitative estimate of drug-likeness (QED) is 0.812. The highest BCUT2D eigenvalue weighted by Gasteiger charge is 2.13. The first kappa shape index (κ1) is 11.9. The summed E-state index contributed by atoms with van der Waals surface area (Å²) in [5.74, 6) is 0.0801. The average Bonchev–Trinajstić information content (AvgIpc) is 2.81. The largest absolute Gasteiger partial charge is 0.337 e. The Balaban J connectivity index is 2.13. The van der Waals surface area contributed by atoms with Crippen LogP contribution in [-0.2, 0) is 6.54 Å². The zero-order chi connectivity index (χ0) is 12.3. The van der Waals surface area contributed by atoms with Gasteiger partial charge in [0.1, 0.15) is 0 Å². The Kier molecular flexibility index (Phi) is 3.59. The van der Waals surface area contributed by atoms with Crippen LogP contribution in [0.5, 0.6) is 0 Å². The third-order valence-electron chi connectivity index (χ3n) is 2.70. The van der Waals surface area contributed by atoms with E-state index in [1.165, 1.54) is 4.88 Å². The molecule has 1 aromatic heterocycles. The minimum atomic E-state index is 0.0801. The van der Waals surface area contributed by atoms with E-state index >= 15 is 0 Å². The Morgan fingerprint density at radius 3 is 2.65 bits per heavy atom. The van der Waals surface area contributed by atoms with Crippen LogP contribution in [0, 0.1) is 6.92 Å². The van der Waals surface area contributed by atoms with E-state index in [9.17, 15) is 4.79 Å². The van der Waals surface area contributed by atoms with E-state index < -0.39 is 0 Å². The number of carbonyl (C=O) groups is 1. The highest BCUT2D eigenvalue weighted by Crippen LogP contribution is 2.14. The molecule has 3 heteroatoms. The van der Waals surface area contributed by atoms with Crippen molar-refractivity contribution < 1.29 is 4.79 Å². The molecular weight excluding hydrogens is 230 g/mol. The van der Waals surface area contributed by atoms with Crippen molar-refractivity contribution in [3.8, 4) is 0 Å². The highest BCUT2D eigenvalue weighted by molar-refractivity contribution is 7.09. The van der Waals surface area contributed by atoms with Gasteiger partial charge in [-0.05, 0) is 30.0 Å². The van der Waals surface area contributed by atoms with Crippen molar-refractivity contribution in [2.75, 3.05) is 7.05 Å². The van der Waals surface area contributed by atoms with E-state index in [-0.39, 0.29) is 5.91 Å². The molecule has 0 aliphatic carbocycles. The minimum Gasteiger partial charge on any atom is -0.337 e. The SMILES string of the molecule is Cc1ccccc1C(=O)N(C)Cc1cccs1. The fraction of sp³-hybridized carbons (Fsp3) is 0.214. The van der Waals surface area contributed by atoms with Crippen LogP contribution in [0.1, 0.15) is 20.8 Å². The molecule has 0 unspecified atom stereocenters. The van der Waals surface area contributed by atoms with Gasteiger partial charge in [-0.3, -0.25) is 4.79 Å². The molecule has 0 saturated heterocycles. The fourth-order valence-electron chi connectivity index (χ4n) is 1.73. The number of benzene rings is 1. The normalized spacial score (nSPS) is 10.2. The molecule has 0 atom stereocenters. The first-order valence-electron chi connectivity index (χ1n) is 5.52. The molecule has 2 rings (SSSR count). The predicted molar refractivity (Wildman–Crippen MR) is 71.3 cm³/mol. The maximum atomic E-state index is 12.2. The lowest BCUT2D eigenvalue weighted by atomic mass is 10.1. The van der Waals surface area contributed by atoms with Crippen LogP contribution < -0.4 is 0 Å². The third kappa shape index (κ3) is 2.74. The number of amides is 1. The predicted octanol–water partition coefficient (Wildman–Crippen LogP) is 3.33. The molecule has 2 nitrogen and oxygen atoms in total. The van der Waals surface area contributed by atoms with Crippen molar-refractivity contribution in [1.29, 1.82) is 0 Å². The van der Waals surface area contributed by atoms with Gasteiger partial charge in [0.2, 0.25) is 0 Å². The average molecular weight is 245 g/mol. The molecule has 1 aromatic carbocycles. The number of hydrogen-bond donors (Lipinski definition) is 0. The summed E-state index contributed by atoms with van der Waals surface area (Å²) in [5, 5.41) is 2.03. The van der Waals surface area contributed by atoms with Crippen molar-refractivity contribution >= 4 is 17.2 Å². The number of rotatable bonds is 3. The Labute approximate surface area is 106 Å². The van der Waals surface area contributed by atoms with Gasteiger partial charge in [0.05, 0.1) is 6.54 Å². The molecule has 0 bridgehead atoms. The fourth-order valence-corrected chi connectivity index (χ4v) is 2.48. The summed E-state index contributed by atoms with van der Waals surface area (Å²) < 4.78 is 0.